The zero-order valence-electron chi connectivity index (χ0n) is 24.0. The molecular weight excluding hydrogens is 494 g/mol. The molecule has 2 aromatic heterocycles. The zero-order valence-corrected chi connectivity index (χ0v) is 24.8. The number of carbonyl (C=O) groups is 2. The van der Waals surface area contributed by atoms with Gasteiger partial charge in [-0.05, 0) is 39.7 Å². The lowest BCUT2D eigenvalue weighted by atomic mass is 10.0. The Hall–Kier alpha value is -2.66. The molecule has 1 aromatic carbocycles. The topological polar surface area (TPSA) is 46.4 Å². The van der Waals surface area contributed by atoms with Crippen molar-refractivity contribution in [3.05, 3.63) is 54.7 Å². The molecule has 0 aliphatic rings. The molecule has 2 heterocycles. The number of benzene rings is 1. The number of nitrogens with zero attached hydrogens (tertiary/aromatic N) is 3. The van der Waals surface area contributed by atoms with Gasteiger partial charge in [-0.3, -0.25) is 9.59 Å². The van der Waals surface area contributed by atoms with Gasteiger partial charge in [0.15, 0.2) is 5.69 Å². The smallest absolute Gasteiger partial charge is 0.287 e. The molecule has 0 saturated heterocycles. The van der Waals surface area contributed by atoms with Crippen LogP contribution in [0.1, 0.15) is 110 Å². The summed E-state index contributed by atoms with van der Waals surface area (Å²) in [6.07, 6.45) is 12.6. The Labute approximate surface area is 235 Å². The summed E-state index contributed by atoms with van der Waals surface area (Å²) in [5, 5.41) is 0. The molecule has 5 nitrogen and oxygen atoms in total. The molecule has 3 rings (SSSR count). The number of pyridine rings is 1. The van der Waals surface area contributed by atoms with Gasteiger partial charge < -0.3 is 12.4 Å². The van der Waals surface area contributed by atoms with Gasteiger partial charge in [0.1, 0.15) is 0 Å². The van der Waals surface area contributed by atoms with Crippen LogP contribution in [0.5, 0.6) is 0 Å². The highest BCUT2D eigenvalue weighted by Gasteiger charge is 2.41. The highest BCUT2D eigenvalue weighted by Crippen LogP contribution is 2.35. The van der Waals surface area contributed by atoms with Crippen LogP contribution in [0.3, 0.4) is 0 Å². The van der Waals surface area contributed by atoms with E-state index >= 15 is 0 Å². The van der Waals surface area contributed by atoms with Crippen LogP contribution in [-0.4, -0.2) is 21.9 Å². The van der Waals surface area contributed by atoms with Gasteiger partial charge in [0.25, 0.3) is 17.6 Å². The van der Waals surface area contributed by atoms with Crippen molar-refractivity contribution >= 4 is 23.3 Å². The summed E-state index contributed by atoms with van der Waals surface area (Å²) in [5.41, 5.74) is 2.06. The summed E-state index contributed by atoms with van der Waals surface area (Å²) >= 11 is 0. The van der Waals surface area contributed by atoms with Crippen molar-refractivity contribution in [1.82, 2.24) is 4.57 Å². The number of rotatable bonds is 13. The molecule has 0 atom stereocenters. The van der Waals surface area contributed by atoms with Gasteiger partial charge in [-0.15, -0.1) is 0 Å². The Morgan fingerprint density at radius 3 is 2.00 bits per heavy atom. The predicted octanol–water partition coefficient (Wildman–Crippen LogP) is 5.00. The summed E-state index contributed by atoms with van der Waals surface area (Å²) < 4.78 is 3.89. The largest absolute Gasteiger partial charge is 1.00 e. The Balaban J connectivity index is 0.00000507. The minimum Gasteiger partial charge on any atom is -1.00 e. The number of hydrogen-bond acceptors (Lipinski definition) is 2. The number of halogens is 1. The third-order valence-corrected chi connectivity index (χ3v) is 6.90. The first-order chi connectivity index (χ1) is 17.8. The second kappa shape index (κ2) is 15.1. The number of amides is 1. The Morgan fingerprint density at radius 2 is 1.37 bits per heavy atom. The molecule has 3 aromatic rings. The van der Waals surface area contributed by atoms with Gasteiger partial charge in [-0.25, -0.2) is 9.30 Å². The normalized spacial score (nSPS) is 11.4. The maximum Gasteiger partial charge on any atom is 0.287 e. The van der Waals surface area contributed by atoms with E-state index in [-0.39, 0.29) is 24.2 Å². The summed E-state index contributed by atoms with van der Waals surface area (Å²) in [6, 6.07) is 16.0. The molecule has 38 heavy (non-hydrogen) atoms. The molecule has 0 radical (unpaired) electrons. The molecule has 0 aliphatic carbocycles. The molecule has 0 N–H and O–H groups in total. The van der Waals surface area contributed by atoms with Gasteiger partial charge in [0, 0.05) is 24.5 Å². The van der Waals surface area contributed by atoms with Gasteiger partial charge >= 0.3 is 0 Å². The molecule has 1 amide bonds. The third kappa shape index (κ3) is 7.69. The van der Waals surface area contributed by atoms with E-state index in [1.807, 2.05) is 68.6 Å². The molecular formula is C32H46ClN3O2. The van der Waals surface area contributed by atoms with Gasteiger partial charge in [-0.2, -0.15) is 4.57 Å². The van der Waals surface area contributed by atoms with Crippen LogP contribution in [0.4, 0.5) is 5.82 Å². The second-order valence-corrected chi connectivity index (χ2v) is 11.1. The first-order valence-corrected chi connectivity index (χ1v) is 14.3. The molecule has 0 fully saturated rings. The summed E-state index contributed by atoms with van der Waals surface area (Å²) in [5.74, 6) is 0.951. The van der Waals surface area contributed by atoms with E-state index in [1.165, 1.54) is 12.8 Å². The van der Waals surface area contributed by atoms with Gasteiger partial charge in [-0.1, -0.05) is 95.2 Å². The average Bonchev–Trinajstić information content (AvgIpc) is 3.21. The van der Waals surface area contributed by atoms with Crippen molar-refractivity contribution in [3.8, 4) is 11.3 Å². The highest BCUT2D eigenvalue weighted by atomic mass is 35.5. The minimum absolute atomic E-state index is 0. The van der Waals surface area contributed by atoms with Crippen LogP contribution >= 0.6 is 0 Å². The monoisotopic (exact) mass is 539 g/mol. The van der Waals surface area contributed by atoms with Crippen LogP contribution in [0.25, 0.3) is 16.9 Å². The fourth-order valence-corrected chi connectivity index (χ4v) is 5.06. The van der Waals surface area contributed by atoms with Crippen molar-refractivity contribution in [2.45, 2.75) is 111 Å². The summed E-state index contributed by atoms with van der Waals surface area (Å²) in [4.78, 5) is 29.6. The zero-order chi connectivity index (χ0) is 26.8. The number of aromatic nitrogens is 2. The third-order valence-electron chi connectivity index (χ3n) is 6.90. The number of fused-ring (bicyclic) bond motifs is 1. The van der Waals surface area contributed by atoms with E-state index in [4.69, 9.17) is 0 Å². The molecule has 208 valence electrons. The molecule has 0 spiro atoms. The fraction of sp³-hybridized carbons (Fsp3) is 0.531. The maximum absolute atomic E-state index is 13.9. The lowest BCUT2D eigenvalue weighted by Gasteiger charge is -2.30. The molecule has 0 saturated carbocycles. The quantitative estimate of drug-likeness (QED) is 0.227. The van der Waals surface area contributed by atoms with Gasteiger partial charge in [0.05, 0.1) is 11.7 Å². The molecule has 6 heteroatoms. The Morgan fingerprint density at radius 1 is 0.789 bits per heavy atom. The van der Waals surface area contributed by atoms with E-state index < -0.39 is 5.54 Å². The Bertz CT molecular complexity index is 1160. The summed E-state index contributed by atoms with van der Waals surface area (Å²) in [6.45, 7) is 10.6. The van der Waals surface area contributed by atoms with Crippen molar-refractivity contribution in [3.63, 3.8) is 0 Å². The van der Waals surface area contributed by atoms with E-state index in [0.29, 0.717) is 12.8 Å². The SMILES string of the molecule is CCCCCCCC(=O)n1c(-c2ccccc2)c(N(C(=O)CCCCCC)C(C)(C)C)[n+]2ccccc12.[Cl-]. The number of unbranched alkanes of at least 4 members (excludes halogenated alkanes) is 7. The summed E-state index contributed by atoms with van der Waals surface area (Å²) in [7, 11) is 0. The molecule has 0 bridgehead atoms. The van der Waals surface area contributed by atoms with Crippen molar-refractivity contribution in [1.29, 1.82) is 0 Å². The number of carbonyl (C=O) groups excluding carboxylic acids is 2. The number of anilines is 1. The number of hydrogen-bond donors (Lipinski definition) is 0. The van der Waals surface area contributed by atoms with Crippen molar-refractivity contribution in [2.24, 2.45) is 0 Å². The fourth-order valence-electron chi connectivity index (χ4n) is 5.06. The Kier molecular flexibility index (Phi) is 12.5. The van der Waals surface area contributed by atoms with Crippen LogP contribution < -0.4 is 21.7 Å². The van der Waals surface area contributed by atoms with E-state index in [2.05, 4.69) is 34.6 Å². The molecule has 0 unspecified atom stereocenters. The highest BCUT2D eigenvalue weighted by molar-refractivity contribution is 5.99. The minimum atomic E-state index is -0.462. The lowest BCUT2D eigenvalue weighted by Crippen LogP contribution is -3.00. The predicted molar refractivity (Wildman–Crippen MR) is 153 cm³/mol. The second-order valence-electron chi connectivity index (χ2n) is 11.1. The van der Waals surface area contributed by atoms with Crippen LogP contribution in [0.15, 0.2) is 54.7 Å². The van der Waals surface area contributed by atoms with Crippen molar-refractivity contribution in [2.75, 3.05) is 4.90 Å². The lowest BCUT2D eigenvalue weighted by molar-refractivity contribution is -0.496. The van der Waals surface area contributed by atoms with E-state index in [0.717, 1.165) is 67.7 Å². The van der Waals surface area contributed by atoms with E-state index in [9.17, 15) is 9.59 Å². The molecule has 0 aliphatic heterocycles. The van der Waals surface area contributed by atoms with Crippen molar-refractivity contribution < 1.29 is 26.4 Å². The first kappa shape index (κ1) is 31.6. The van der Waals surface area contributed by atoms with Gasteiger partial charge in [0.2, 0.25) is 5.65 Å². The van der Waals surface area contributed by atoms with Crippen LogP contribution in [0, 0.1) is 0 Å². The van der Waals surface area contributed by atoms with E-state index in [1.54, 1.807) is 0 Å². The average molecular weight is 540 g/mol. The van der Waals surface area contributed by atoms with Crippen LogP contribution in [-0.2, 0) is 4.79 Å². The maximum atomic E-state index is 13.9. The number of imidazole rings is 1. The first-order valence-electron chi connectivity index (χ1n) is 14.3. The van der Waals surface area contributed by atoms with Crippen LogP contribution in [0.2, 0.25) is 0 Å². The standard InChI is InChI=1S/C32H46N3O2.ClH/c1-6-8-10-12-17-23-28(36)34-27-22-18-19-25-33(27)31(30(34)26-20-14-13-15-21-26)35(32(3,4)5)29(37)24-16-11-9-7-2;/h13-15,18-22,25H,6-12,16-17,23-24H2,1-5H3;1H/q+1;/p-1.